The predicted molar refractivity (Wildman–Crippen MR) is 109 cm³/mol. The molecule has 0 aromatic heterocycles. The molecular weight excluding hydrogens is 484 g/mol. The van der Waals surface area contributed by atoms with Crippen LogP contribution in [0.4, 0.5) is 0 Å². The Morgan fingerprint density at radius 1 is 0.697 bits per heavy atom. The molecule has 10 nitrogen and oxygen atoms in total. The van der Waals surface area contributed by atoms with E-state index in [4.69, 9.17) is 10.2 Å². The number of aliphatic carboxylic acids is 2. The van der Waals surface area contributed by atoms with Crippen LogP contribution in [0, 0.1) is 0 Å². The van der Waals surface area contributed by atoms with Crippen LogP contribution >= 0.6 is 0 Å². The van der Waals surface area contributed by atoms with Gasteiger partial charge in [-0.15, -0.1) is 0 Å². The van der Waals surface area contributed by atoms with E-state index in [1.54, 1.807) is 24.3 Å². The van der Waals surface area contributed by atoms with Gasteiger partial charge in [0.1, 0.15) is 11.5 Å². The molecule has 2 amide bonds. The summed E-state index contributed by atoms with van der Waals surface area (Å²) in [6, 6.07) is 10.1. The molecule has 0 heterocycles. The van der Waals surface area contributed by atoms with Gasteiger partial charge in [0.15, 0.2) is 0 Å². The second kappa shape index (κ2) is 14.5. The van der Waals surface area contributed by atoms with Gasteiger partial charge in [-0.1, -0.05) is 24.3 Å². The SMILES string of the molecule is CC(=O)N[C@@H](Cc1ccc(O)cc1)C(=O)[O-].CC(=O)N[C@@H](Cc1ccc(O)cc1)C(=O)[O-].[Cu+2]. The molecule has 0 spiro atoms. The number of amides is 2. The van der Waals surface area contributed by atoms with Crippen molar-refractivity contribution < 1.29 is 56.7 Å². The van der Waals surface area contributed by atoms with Crippen molar-refractivity contribution in [1.82, 2.24) is 10.6 Å². The molecule has 181 valence electrons. The molecule has 0 saturated carbocycles. The van der Waals surface area contributed by atoms with E-state index in [1.807, 2.05) is 0 Å². The fourth-order valence-corrected chi connectivity index (χ4v) is 2.61. The number of hydrogen-bond donors (Lipinski definition) is 4. The Morgan fingerprint density at radius 2 is 0.970 bits per heavy atom. The zero-order valence-corrected chi connectivity index (χ0v) is 18.8. The second-order valence-corrected chi connectivity index (χ2v) is 6.89. The van der Waals surface area contributed by atoms with Crippen LogP contribution in [0.1, 0.15) is 25.0 Å². The largest absolute Gasteiger partial charge is 2.00 e. The minimum Gasteiger partial charge on any atom is -0.548 e. The Hall–Kier alpha value is -3.56. The molecular formula is C22H24CuN2O8. The van der Waals surface area contributed by atoms with Gasteiger partial charge in [-0.2, -0.15) is 0 Å². The number of carbonyl (C=O) groups excluding carboxylic acids is 4. The van der Waals surface area contributed by atoms with Gasteiger partial charge in [-0.25, -0.2) is 0 Å². The Balaban J connectivity index is 0.000000602. The normalized spacial score (nSPS) is 11.5. The van der Waals surface area contributed by atoms with E-state index in [9.17, 15) is 29.4 Å². The van der Waals surface area contributed by atoms with Crippen molar-refractivity contribution in [1.29, 1.82) is 0 Å². The topological polar surface area (TPSA) is 179 Å². The van der Waals surface area contributed by atoms with Gasteiger partial charge in [0, 0.05) is 13.8 Å². The van der Waals surface area contributed by atoms with Crippen molar-refractivity contribution in [3.05, 3.63) is 59.7 Å². The fourth-order valence-electron chi connectivity index (χ4n) is 2.61. The first-order chi connectivity index (χ1) is 15.0. The van der Waals surface area contributed by atoms with Gasteiger partial charge in [0.05, 0.1) is 24.0 Å². The number of nitrogens with one attached hydrogen (secondary N) is 2. The van der Waals surface area contributed by atoms with E-state index < -0.39 is 35.8 Å². The van der Waals surface area contributed by atoms with Gasteiger partial charge in [0.25, 0.3) is 0 Å². The fraction of sp³-hybridized carbons (Fsp3) is 0.273. The number of carboxylic acids is 2. The first-order valence-electron chi connectivity index (χ1n) is 9.49. The molecule has 0 bridgehead atoms. The summed E-state index contributed by atoms with van der Waals surface area (Å²) >= 11 is 0. The zero-order chi connectivity index (χ0) is 24.3. The molecule has 0 aliphatic rings. The standard InChI is InChI=1S/2C11H13NO4.Cu/c2*1-7(13)12-10(11(15)16)6-8-2-4-9(14)5-3-8;/h2*2-5,10,14H,6H2,1H3,(H,12,13)(H,15,16);/q;;+2/p-2/t2*10-;/m00./s1. The molecule has 33 heavy (non-hydrogen) atoms. The molecule has 0 fully saturated rings. The molecule has 0 aliphatic carbocycles. The van der Waals surface area contributed by atoms with Crippen molar-refractivity contribution >= 4 is 23.8 Å². The number of phenols is 2. The average molecular weight is 508 g/mol. The second-order valence-electron chi connectivity index (χ2n) is 6.89. The average Bonchev–Trinajstić information content (AvgIpc) is 2.70. The summed E-state index contributed by atoms with van der Waals surface area (Å²) in [7, 11) is 0. The zero-order valence-electron chi connectivity index (χ0n) is 17.8. The van der Waals surface area contributed by atoms with E-state index >= 15 is 0 Å². The number of carboxylic acid groups (broad SMARTS) is 2. The Bertz CT molecular complexity index is 855. The predicted octanol–water partition coefficient (Wildman–Crippen LogP) is -1.62. The van der Waals surface area contributed by atoms with Crippen LogP contribution in [-0.4, -0.2) is 46.0 Å². The third kappa shape index (κ3) is 12.2. The van der Waals surface area contributed by atoms with E-state index in [1.165, 1.54) is 38.1 Å². The number of phenolic OH excluding ortho intramolecular Hbond substituents is 2. The number of benzene rings is 2. The Kier molecular flexibility index (Phi) is 12.9. The van der Waals surface area contributed by atoms with E-state index in [-0.39, 0.29) is 41.4 Å². The molecule has 1 radical (unpaired) electrons. The molecule has 0 unspecified atom stereocenters. The molecule has 0 saturated heterocycles. The van der Waals surface area contributed by atoms with E-state index in [0.717, 1.165) is 0 Å². The minimum atomic E-state index is -1.33. The molecule has 2 aromatic carbocycles. The van der Waals surface area contributed by atoms with Crippen molar-refractivity contribution in [2.75, 3.05) is 0 Å². The summed E-state index contributed by atoms with van der Waals surface area (Å²) in [5, 5.41) is 44.1. The van der Waals surface area contributed by atoms with Gasteiger partial charge in [-0.3, -0.25) is 9.59 Å². The summed E-state index contributed by atoms with van der Waals surface area (Å²) < 4.78 is 0. The molecule has 2 aromatic rings. The maximum atomic E-state index is 10.8. The Labute approximate surface area is 201 Å². The third-order valence-electron chi connectivity index (χ3n) is 4.08. The van der Waals surface area contributed by atoms with Crippen molar-refractivity contribution in [2.24, 2.45) is 0 Å². The van der Waals surface area contributed by atoms with E-state index in [0.29, 0.717) is 11.1 Å². The summed E-state index contributed by atoms with van der Waals surface area (Å²) in [5.41, 5.74) is 1.39. The van der Waals surface area contributed by atoms with Crippen molar-refractivity contribution in [3.8, 4) is 11.5 Å². The molecule has 2 rings (SSSR count). The van der Waals surface area contributed by atoms with Gasteiger partial charge >= 0.3 is 17.1 Å². The molecule has 4 N–H and O–H groups in total. The number of carbonyl (C=O) groups is 4. The number of aromatic hydroxyl groups is 2. The van der Waals surface area contributed by atoms with Crippen LogP contribution in [0.5, 0.6) is 11.5 Å². The molecule has 2 atom stereocenters. The molecule has 11 heteroatoms. The van der Waals surface area contributed by atoms with Gasteiger partial charge < -0.3 is 40.6 Å². The third-order valence-corrected chi connectivity index (χ3v) is 4.08. The van der Waals surface area contributed by atoms with Crippen LogP contribution in [0.2, 0.25) is 0 Å². The smallest absolute Gasteiger partial charge is 0.548 e. The van der Waals surface area contributed by atoms with Crippen LogP contribution in [0.15, 0.2) is 48.5 Å². The monoisotopic (exact) mass is 507 g/mol. The van der Waals surface area contributed by atoms with Crippen molar-refractivity contribution in [2.45, 2.75) is 38.8 Å². The van der Waals surface area contributed by atoms with Crippen molar-refractivity contribution in [3.63, 3.8) is 0 Å². The van der Waals surface area contributed by atoms with Crippen LogP contribution in [0.3, 0.4) is 0 Å². The Morgan fingerprint density at radius 3 is 1.18 bits per heavy atom. The van der Waals surface area contributed by atoms with Crippen LogP contribution in [0.25, 0.3) is 0 Å². The summed E-state index contributed by atoms with van der Waals surface area (Å²) in [6.07, 6.45) is 0.254. The van der Waals surface area contributed by atoms with E-state index in [2.05, 4.69) is 10.6 Å². The molecule has 0 aliphatic heterocycles. The first kappa shape index (κ1) is 29.4. The summed E-state index contributed by atoms with van der Waals surface area (Å²) in [6.45, 7) is 2.49. The maximum absolute atomic E-state index is 10.8. The van der Waals surface area contributed by atoms with Gasteiger partial charge in [0.2, 0.25) is 11.8 Å². The number of rotatable bonds is 8. The first-order valence-corrected chi connectivity index (χ1v) is 9.49. The van der Waals surface area contributed by atoms with Gasteiger partial charge in [-0.05, 0) is 48.2 Å². The summed E-state index contributed by atoms with van der Waals surface area (Å²) in [4.78, 5) is 43.0. The maximum Gasteiger partial charge on any atom is 2.00 e. The minimum absolute atomic E-state index is 0. The summed E-state index contributed by atoms with van der Waals surface area (Å²) in [5.74, 6) is -3.30. The van der Waals surface area contributed by atoms with Crippen LogP contribution in [-0.2, 0) is 49.1 Å². The van der Waals surface area contributed by atoms with Crippen LogP contribution < -0.4 is 20.8 Å². The number of hydrogen-bond acceptors (Lipinski definition) is 8. The quantitative estimate of drug-likeness (QED) is 0.307.